The van der Waals surface area contributed by atoms with Crippen LogP contribution in [0.5, 0.6) is 0 Å². The van der Waals surface area contributed by atoms with Crippen molar-refractivity contribution >= 4 is 11.9 Å². The van der Waals surface area contributed by atoms with Gasteiger partial charge in [0, 0.05) is 71.2 Å². The molecule has 9 heteroatoms. The minimum absolute atomic E-state index is 0.0431. The van der Waals surface area contributed by atoms with Crippen LogP contribution in [0.1, 0.15) is 36.7 Å². The standard InChI is InChI=1S/C22H39N7O2/c1-17-20(18(2)29(25-17)14-15-31-5)16-24-22(23-4)28-12-10-26(11-13-28)19(3)21(30)27-8-6-7-9-27/h19H,6-16H2,1-5H3,(H,23,24). The van der Waals surface area contributed by atoms with Gasteiger partial charge in [-0.1, -0.05) is 0 Å². The third kappa shape index (κ3) is 5.57. The summed E-state index contributed by atoms with van der Waals surface area (Å²) in [4.78, 5) is 23.8. The number of rotatable bonds is 7. The van der Waals surface area contributed by atoms with E-state index in [1.807, 2.05) is 23.6 Å². The van der Waals surface area contributed by atoms with E-state index in [2.05, 4.69) is 39.1 Å². The van der Waals surface area contributed by atoms with Gasteiger partial charge in [0.15, 0.2) is 5.96 Å². The van der Waals surface area contributed by atoms with Gasteiger partial charge >= 0.3 is 0 Å². The maximum atomic E-state index is 12.7. The number of piperazine rings is 1. The zero-order valence-corrected chi connectivity index (χ0v) is 19.9. The first-order chi connectivity index (χ1) is 15.0. The average molecular weight is 434 g/mol. The quantitative estimate of drug-likeness (QED) is 0.507. The van der Waals surface area contributed by atoms with E-state index in [1.54, 1.807) is 7.11 Å². The molecule has 3 rings (SSSR count). The van der Waals surface area contributed by atoms with Crippen LogP contribution < -0.4 is 5.32 Å². The lowest BCUT2D eigenvalue weighted by Gasteiger charge is -2.39. The summed E-state index contributed by atoms with van der Waals surface area (Å²) in [6.07, 6.45) is 2.27. The first-order valence-corrected chi connectivity index (χ1v) is 11.5. The number of amides is 1. The Labute approximate surface area is 186 Å². The third-order valence-electron chi connectivity index (χ3n) is 6.61. The van der Waals surface area contributed by atoms with Gasteiger partial charge in [-0.3, -0.25) is 19.4 Å². The second kappa shape index (κ2) is 10.9. The largest absolute Gasteiger partial charge is 0.383 e. The van der Waals surface area contributed by atoms with Gasteiger partial charge < -0.3 is 19.9 Å². The second-order valence-corrected chi connectivity index (χ2v) is 8.50. The molecule has 1 unspecified atom stereocenters. The fourth-order valence-corrected chi connectivity index (χ4v) is 4.56. The molecule has 1 atom stereocenters. The number of carbonyl (C=O) groups is 1. The number of methoxy groups -OCH3 is 1. The van der Waals surface area contributed by atoms with Crippen LogP contribution in [-0.4, -0.2) is 102 Å². The Hall–Kier alpha value is -2.13. The number of ether oxygens (including phenoxy) is 1. The molecule has 31 heavy (non-hydrogen) atoms. The lowest BCUT2D eigenvalue weighted by atomic mass is 10.2. The van der Waals surface area contributed by atoms with Crippen molar-refractivity contribution in [1.29, 1.82) is 0 Å². The summed E-state index contributed by atoms with van der Waals surface area (Å²) < 4.78 is 7.19. The molecule has 1 amide bonds. The summed E-state index contributed by atoms with van der Waals surface area (Å²) >= 11 is 0. The Morgan fingerprint density at radius 2 is 1.81 bits per heavy atom. The Balaban J connectivity index is 1.51. The second-order valence-electron chi connectivity index (χ2n) is 8.50. The van der Waals surface area contributed by atoms with Gasteiger partial charge in [-0.05, 0) is 33.6 Å². The van der Waals surface area contributed by atoms with Gasteiger partial charge in [0.2, 0.25) is 5.91 Å². The summed E-state index contributed by atoms with van der Waals surface area (Å²) in [5, 5.41) is 8.16. The topological polar surface area (TPSA) is 78.2 Å². The normalized spacial score (nSPS) is 19.2. The van der Waals surface area contributed by atoms with Crippen molar-refractivity contribution < 1.29 is 9.53 Å². The zero-order chi connectivity index (χ0) is 22.4. The first kappa shape index (κ1) is 23.5. The molecule has 1 N–H and O–H groups in total. The van der Waals surface area contributed by atoms with Gasteiger partial charge in [0.1, 0.15) is 0 Å². The molecule has 2 saturated heterocycles. The minimum Gasteiger partial charge on any atom is -0.383 e. The third-order valence-corrected chi connectivity index (χ3v) is 6.61. The Kier molecular flexibility index (Phi) is 8.31. The minimum atomic E-state index is -0.0431. The van der Waals surface area contributed by atoms with Gasteiger partial charge in [-0.25, -0.2) is 0 Å². The van der Waals surface area contributed by atoms with E-state index in [0.717, 1.165) is 76.0 Å². The first-order valence-electron chi connectivity index (χ1n) is 11.5. The molecule has 0 aliphatic carbocycles. The summed E-state index contributed by atoms with van der Waals surface area (Å²) in [5.41, 5.74) is 3.41. The highest BCUT2D eigenvalue weighted by Crippen LogP contribution is 2.15. The molecule has 0 saturated carbocycles. The van der Waals surface area contributed by atoms with Crippen LogP contribution in [0.3, 0.4) is 0 Å². The van der Waals surface area contributed by atoms with Gasteiger partial charge in [-0.15, -0.1) is 0 Å². The summed E-state index contributed by atoms with van der Waals surface area (Å²) in [6.45, 7) is 13.6. The fourth-order valence-electron chi connectivity index (χ4n) is 4.56. The van der Waals surface area contributed by atoms with Crippen molar-refractivity contribution in [3.8, 4) is 0 Å². The van der Waals surface area contributed by atoms with E-state index in [4.69, 9.17) is 4.74 Å². The maximum Gasteiger partial charge on any atom is 0.239 e. The summed E-state index contributed by atoms with van der Waals surface area (Å²) in [7, 11) is 3.54. The number of aryl methyl sites for hydroxylation is 1. The van der Waals surface area contributed by atoms with E-state index in [-0.39, 0.29) is 11.9 Å². The molecular weight excluding hydrogens is 394 g/mol. The van der Waals surface area contributed by atoms with Gasteiger partial charge in [0.25, 0.3) is 0 Å². The van der Waals surface area contributed by atoms with E-state index in [0.29, 0.717) is 13.2 Å². The predicted octanol–water partition coefficient (Wildman–Crippen LogP) is 0.850. The molecule has 1 aromatic heterocycles. The SMILES string of the molecule is CN=C(NCc1c(C)nn(CCOC)c1C)N1CCN(C(C)C(=O)N2CCCC2)CC1. The van der Waals surface area contributed by atoms with Crippen LogP contribution in [0.25, 0.3) is 0 Å². The molecule has 0 bridgehead atoms. The number of likely N-dealkylation sites (tertiary alicyclic amines) is 1. The molecule has 9 nitrogen and oxygen atoms in total. The molecule has 174 valence electrons. The van der Waals surface area contributed by atoms with Crippen molar-refractivity contribution in [3.63, 3.8) is 0 Å². The lowest BCUT2D eigenvalue weighted by Crippen LogP contribution is -2.57. The van der Waals surface area contributed by atoms with Crippen LogP contribution in [0, 0.1) is 13.8 Å². The van der Waals surface area contributed by atoms with Crippen molar-refractivity contribution in [2.75, 3.05) is 60.0 Å². The number of aliphatic imine (C=N–C) groups is 1. The monoisotopic (exact) mass is 433 g/mol. The number of guanidine groups is 1. The number of carbonyl (C=O) groups excluding carboxylic acids is 1. The zero-order valence-electron chi connectivity index (χ0n) is 19.9. The molecular formula is C22H39N7O2. The van der Waals surface area contributed by atoms with E-state index < -0.39 is 0 Å². The molecule has 2 aliphatic rings. The fraction of sp³-hybridized carbons (Fsp3) is 0.773. The number of hydrogen-bond acceptors (Lipinski definition) is 5. The predicted molar refractivity (Wildman–Crippen MR) is 122 cm³/mol. The lowest BCUT2D eigenvalue weighted by molar-refractivity contribution is -0.135. The number of nitrogens with zero attached hydrogens (tertiary/aromatic N) is 6. The van der Waals surface area contributed by atoms with Gasteiger partial charge in [0.05, 0.1) is 24.9 Å². The van der Waals surface area contributed by atoms with E-state index >= 15 is 0 Å². The van der Waals surface area contributed by atoms with Crippen molar-refractivity contribution in [1.82, 2.24) is 29.8 Å². The van der Waals surface area contributed by atoms with E-state index in [1.165, 1.54) is 5.56 Å². The average Bonchev–Trinajstić information content (AvgIpc) is 3.41. The van der Waals surface area contributed by atoms with Crippen molar-refractivity contribution in [3.05, 3.63) is 17.0 Å². The Morgan fingerprint density at radius 3 is 2.42 bits per heavy atom. The van der Waals surface area contributed by atoms with Gasteiger partial charge in [-0.2, -0.15) is 5.10 Å². The molecule has 0 spiro atoms. The number of hydrogen-bond donors (Lipinski definition) is 1. The van der Waals surface area contributed by atoms with Crippen LogP contribution in [0.15, 0.2) is 4.99 Å². The van der Waals surface area contributed by atoms with Crippen molar-refractivity contribution in [2.45, 2.75) is 52.7 Å². The molecule has 2 aliphatic heterocycles. The van der Waals surface area contributed by atoms with Crippen LogP contribution >= 0.6 is 0 Å². The number of nitrogens with one attached hydrogen (secondary N) is 1. The molecule has 2 fully saturated rings. The van der Waals surface area contributed by atoms with Crippen LogP contribution in [0.2, 0.25) is 0 Å². The Morgan fingerprint density at radius 1 is 1.13 bits per heavy atom. The smallest absolute Gasteiger partial charge is 0.239 e. The highest BCUT2D eigenvalue weighted by molar-refractivity contribution is 5.82. The highest BCUT2D eigenvalue weighted by Gasteiger charge is 2.30. The van der Waals surface area contributed by atoms with Crippen molar-refractivity contribution in [2.24, 2.45) is 4.99 Å². The van der Waals surface area contributed by atoms with Crippen LogP contribution in [-0.2, 0) is 22.6 Å². The number of aromatic nitrogens is 2. The summed E-state index contributed by atoms with van der Waals surface area (Å²) in [5.74, 6) is 1.19. The molecule has 3 heterocycles. The maximum absolute atomic E-state index is 12.7. The highest BCUT2D eigenvalue weighted by atomic mass is 16.5. The molecule has 0 aromatic carbocycles. The van der Waals surface area contributed by atoms with Crippen LogP contribution in [0.4, 0.5) is 0 Å². The molecule has 0 radical (unpaired) electrons. The summed E-state index contributed by atoms with van der Waals surface area (Å²) in [6, 6.07) is -0.0431. The van der Waals surface area contributed by atoms with E-state index in [9.17, 15) is 4.79 Å². The Bertz CT molecular complexity index is 762. The molecule has 1 aromatic rings.